The van der Waals surface area contributed by atoms with E-state index in [1.54, 1.807) is 38.0 Å². The molecule has 2 fully saturated rings. The molecule has 254 valence electrons. The van der Waals surface area contributed by atoms with E-state index in [2.05, 4.69) is 112 Å². The Morgan fingerprint density at radius 2 is 0.833 bits per heavy atom. The van der Waals surface area contributed by atoms with Crippen LogP contribution in [0.3, 0.4) is 0 Å². The Hall–Kier alpha value is -1.66. The van der Waals surface area contributed by atoms with Crippen molar-refractivity contribution >= 4 is 15.8 Å². The summed E-state index contributed by atoms with van der Waals surface area (Å²) in [6.07, 6.45) is 25.7. The third-order valence-corrected chi connectivity index (χ3v) is 19.5. The molecule has 0 radical (unpaired) electrons. The van der Waals surface area contributed by atoms with Gasteiger partial charge in [0, 0.05) is 15.8 Å². The second-order valence-electron chi connectivity index (χ2n) is 14.1. The van der Waals surface area contributed by atoms with Gasteiger partial charge >= 0.3 is 44.8 Å². The van der Waals surface area contributed by atoms with Crippen LogP contribution in [0.15, 0.2) is 84.9 Å². The van der Waals surface area contributed by atoms with E-state index in [1.165, 1.54) is 44.5 Å². The van der Waals surface area contributed by atoms with E-state index < -0.39 is 0 Å². The van der Waals surface area contributed by atoms with Gasteiger partial charge in [0.05, 0.1) is 35.0 Å². The fourth-order valence-electron chi connectivity index (χ4n) is 8.43. The minimum Gasteiger partial charge on any atom is -0.366 e. The summed E-state index contributed by atoms with van der Waals surface area (Å²) in [7, 11) is 0.0490. The average Bonchev–Trinajstić information content (AvgIpc) is 3.82. The third kappa shape index (κ3) is 8.79. The van der Waals surface area contributed by atoms with Crippen LogP contribution in [0.1, 0.15) is 86.8 Å². The molecule has 0 amide bonds. The van der Waals surface area contributed by atoms with Crippen molar-refractivity contribution in [3.8, 4) is 34.1 Å². The first-order chi connectivity index (χ1) is 22.4. The van der Waals surface area contributed by atoms with Crippen LogP contribution in [-0.4, -0.2) is 35.0 Å². The van der Waals surface area contributed by atoms with Crippen LogP contribution in [0.2, 0.25) is 0 Å². The first-order valence-corrected chi connectivity index (χ1v) is 21.1. The molecule has 0 spiro atoms. The third-order valence-electron chi connectivity index (χ3n) is 11.2. The number of hydrogen-bond acceptors (Lipinski definition) is 0. The normalized spacial score (nSPS) is 21.3. The SMILES string of the molecule is C[C@H]1CC[C@H](C)[PH+]1CC[PH+]1[C@@H](C)CC[C@@H]1C.[Au+].[Au+].[C-]#Cc1ccc2c(c1)Cc1ccccc1-2.[C-]#Cc1ccc2c(c1)Cc1ccccc1-2. The smallest absolute Gasteiger partial charge is 0.366 e. The molecule has 4 heteroatoms. The number of benzene rings is 4. The van der Waals surface area contributed by atoms with Crippen molar-refractivity contribution in [2.75, 3.05) is 12.3 Å². The van der Waals surface area contributed by atoms with Crippen molar-refractivity contribution in [1.29, 1.82) is 0 Å². The molecule has 0 N–H and O–H groups in total. The van der Waals surface area contributed by atoms with E-state index in [4.69, 9.17) is 12.8 Å². The average molecular weight is 1030 g/mol. The number of fused-ring (bicyclic) bond motifs is 6. The zero-order valence-corrected chi connectivity index (χ0v) is 35.0. The maximum atomic E-state index is 7.12. The van der Waals surface area contributed by atoms with Gasteiger partial charge in [-0.1, -0.05) is 71.8 Å². The first-order valence-electron chi connectivity index (χ1n) is 17.3. The molecule has 2 saturated heterocycles. The van der Waals surface area contributed by atoms with Crippen LogP contribution in [0.5, 0.6) is 0 Å². The van der Waals surface area contributed by atoms with Crippen molar-refractivity contribution in [1.82, 2.24) is 0 Å². The summed E-state index contributed by atoms with van der Waals surface area (Å²) in [6, 6.07) is 29.2. The van der Waals surface area contributed by atoms with Crippen LogP contribution in [0.25, 0.3) is 22.3 Å². The van der Waals surface area contributed by atoms with Gasteiger partial charge in [-0.25, -0.2) is 0 Å². The molecule has 0 unspecified atom stereocenters. The summed E-state index contributed by atoms with van der Waals surface area (Å²) in [6.45, 7) is 10.2. The molecule has 4 aromatic rings. The topological polar surface area (TPSA) is 0 Å². The van der Waals surface area contributed by atoms with E-state index in [1.807, 2.05) is 12.1 Å². The summed E-state index contributed by atoms with van der Waals surface area (Å²) < 4.78 is 0. The summed E-state index contributed by atoms with van der Waals surface area (Å²) in [5.74, 6) is 4.87. The van der Waals surface area contributed by atoms with Crippen LogP contribution in [-0.2, 0) is 57.6 Å². The molecular weight excluding hydrogens is 984 g/mol. The van der Waals surface area contributed by atoms with Crippen LogP contribution < -0.4 is 0 Å². The largest absolute Gasteiger partial charge is 1.00 e. The zero-order chi connectivity index (χ0) is 32.2. The van der Waals surface area contributed by atoms with Crippen molar-refractivity contribution < 1.29 is 44.8 Å². The molecular formula is C44H48Au2P2+2. The molecule has 48 heavy (non-hydrogen) atoms. The maximum absolute atomic E-state index is 7.12. The van der Waals surface area contributed by atoms with Gasteiger partial charge in [-0.2, -0.15) is 0 Å². The van der Waals surface area contributed by atoms with Crippen molar-refractivity contribution in [3.63, 3.8) is 0 Å². The van der Waals surface area contributed by atoms with Gasteiger partial charge in [-0.15, -0.1) is 35.4 Å². The Bertz CT molecular complexity index is 1630. The zero-order valence-electron chi connectivity index (χ0n) is 28.7. The Labute approximate surface area is 324 Å². The summed E-state index contributed by atoms with van der Waals surface area (Å²) >= 11 is 0. The summed E-state index contributed by atoms with van der Waals surface area (Å²) in [4.78, 5) is 0. The van der Waals surface area contributed by atoms with Crippen LogP contribution in [0.4, 0.5) is 0 Å². The molecule has 2 aliphatic heterocycles. The molecule has 4 atom stereocenters. The van der Waals surface area contributed by atoms with Crippen LogP contribution >= 0.6 is 15.8 Å². The summed E-state index contributed by atoms with van der Waals surface area (Å²) in [5.41, 5.74) is 16.9. The fraction of sp³-hybridized carbons (Fsp3) is 0.364. The van der Waals surface area contributed by atoms with Gasteiger partial charge in [0.15, 0.2) is 0 Å². The number of hydrogen-bond donors (Lipinski definition) is 0. The monoisotopic (exact) mass is 1030 g/mol. The Morgan fingerprint density at radius 3 is 1.19 bits per heavy atom. The van der Waals surface area contributed by atoms with Gasteiger partial charge in [0.2, 0.25) is 0 Å². The molecule has 2 heterocycles. The predicted octanol–water partition coefficient (Wildman–Crippen LogP) is 10.9. The standard InChI is InChI=1S/2C15H9.C14H28P2.2Au/c2*1-2-11-7-8-15-13(9-11)10-12-5-3-4-6-14(12)15;1-11-5-6-12(2)15(11)9-10-16-13(3)7-8-14(16)4;;/h2*3-9H,10H2;11-14H,5-10H2,1-4H3;;/q2*-1;;2*+1/p+2/t;;11-,12-,13-,14-;;/m..0../s1. The predicted molar refractivity (Wildman–Crippen MR) is 205 cm³/mol. The van der Waals surface area contributed by atoms with Crippen molar-refractivity contribution in [2.45, 2.75) is 88.9 Å². The Morgan fingerprint density at radius 1 is 0.500 bits per heavy atom. The van der Waals surface area contributed by atoms with Gasteiger partial charge in [-0.3, -0.25) is 11.8 Å². The van der Waals surface area contributed by atoms with Gasteiger partial charge in [0.25, 0.3) is 0 Å². The minimum atomic E-state index is 0. The molecule has 4 aliphatic rings. The van der Waals surface area contributed by atoms with E-state index in [0.717, 1.165) is 46.6 Å². The summed E-state index contributed by atoms with van der Waals surface area (Å²) in [5, 5.41) is 0. The van der Waals surface area contributed by atoms with Crippen molar-refractivity contribution in [3.05, 3.63) is 131 Å². The van der Waals surface area contributed by atoms with E-state index in [0.29, 0.717) is 0 Å². The van der Waals surface area contributed by atoms with E-state index in [9.17, 15) is 0 Å². The molecule has 4 aromatic carbocycles. The second kappa shape index (κ2) is 18.0. The molecule has 0 bridgehead atoms. The van der Waals surface area contributed by atoms with Gasteiger partial charge in [0.1, 0.15) is 0 Å². The number of rotatable bonds is 3. The Balaban J connectivity index is 0.000000159. The fourth-order valence-corrected chi connectivity index (χ4v) is 16.8. The maximum Gasteiger partial charge on any atom is 1.00 e. The van der Waals surface area contributed by atoms with E-state index >= 15 is 0 Å². The van der Waals surface area contributed by atoms with Crippen LogP contribution in [0, 0.1) is 24.7 Å². The molecule has 8 rings (SSSR count). The van der Waals surface area contributed by atoms with Gasteiger partial charge in [-0.05, 0) is 99.6 Å². The van der Waals surface area contributed by atoms with E-state index in [-0.39, 0.29) is 60.6 Å². The molecule has 0 nitrogen and oxygen atoms in total. The van der Waals surface area contributed by atoms with Gasteiger partial charge < -0.3 is 12.8 Å². The van der Waals surface area contributed by atoms with Crippen molar-refractivity contribution in [2.24, 2.45) is 0 Å². The molecule has 0 aromatic heterocycles. The quantitative estimate of drug-likeness (QED) is 0.0717. The molecule has 2 aliphatic carbocycles. The molecule has 0 saturated carbocycles. The Kier molecular flexibility index (Phi) is 14.7. The minimum absolute atomic E-state index is 0. The first kappa shape index (κ1) is 39.1. The second-order valence-corrected chi connectivity index (χ2v) is 21.3.